The minimum atomic E-state index is -4.79. The van der Waals surface area contributed by atoms with Gasteiger partial charge < -0.3 is 0 Å². The zero-order valence-corrected chi connectivity index (χ0v) is 14.4. The molecule has 1 aliphatic heterocycles. The number of rotatable bonds is 2. The van der Waals surface area contributed by atoms with E-state index in [2.05, 4.69) is 4.98 Å². The molecule has 1 saturated heterocycles. The quantitative estimate of drug-likeness (QED) is 0.581. The Balaban J connectivity index is 1.99. The number of benzene rings is 1. The van der Waals surface area contributed by atoms with E-state index in [1.165, 1.54) is 12.1 Å². The number of carbonyl (C=O) groups excluding carboxylic acids is 1. The Labute approximate surface area is 153 Å². The molecule has 0 spiro atoms. The Bertz CT molecular complexity index is 917. The van der Waals surface area contributed by atoms with Crippen LogP contribution in [0.5, 0.6) is 0 Å². The van der Waals surface area contributed by atoms with Gasteiger partial charge in [0.2, 0.25) is 0 Å². The number of likely N-dealkylation sites (N-methyl/N-ethyl adjacent to an activating group) is 1. The lowest BCUT2D eigenvalue weighted by Gasteiger charge is -2.26. The van der Waals surface area contributed by atoms with Gasteiger partial charge >= 0.3 is 6.18 Å². The van der Waals surface area contributed by atoms with E-state index in [0.29, 0.717) is 18.2 Å². The smallest absolute Gasteiger partial charge is 0.298 e. The second-order valence-electron chi connectivity index (χ2n) is 6.33. The van der Waals surface area contributed by atoms with Gasteiger partial charge in [0, 0.05) is 42.2 Å². The number of carbonyl (C=O) groups is 1. The van der Waals surface area contributed by atoms with E-state index < -0.39 is 17.6 Å². The van der Waals surface area contributed by atoms with E-state index in [9.17, 15) is 22.4 Å². The van der Waals surface area contributed by atoms with Gasteiger partial charge in [0.15, 0.2) is 5.78 Å². The molecule has 3 nitrogen and oxygen atoms in total. The molecule has 7 heteroatoms. The van der Waals surface area contributed by atoms with Crippen LogP contribution >= 0.6 is 0 Å². The zero-order valence-electron chi connectivity index (χ0n) is 14.4. The van der Waals surface area contributed by atoms with E-state index in [1.54, 1.807) is 37.7 Å². The first kappa shape index (κ1) is 19.0. The summed E-state index contributed by atoms with van der Waals surface area (Å²) in [5.41, 5.74) is -0.100. The van der Waals surface area contributed by atoms with E-state index in [4.69, 9.17) is 0 Å². The molecule has 2 aromatic rings. The third-order valence-electron chi connectivity index (χ3n) is 4.17. The summed E-state index contributed by atoms with van der Waals surface area (Å²) in [5, 5.41) is 0. The molecular weight excluding hydrogens is 360 g/mol. The average molecular weight is 376 g/mol. The SMILES string of the molecule is CN1C/C(=C\c2ccncc2)C(=O)/C(=C/c2cccc(C(F)(F)F)c2F)C1. The molecule has 1 aromatic carbocycles. The minimum Gasteiger partial charge on any atom is -0.298 e. The van der Waals surface area contributed by atoms with Crippen LogP contribution in [0.4, 0.5) is 17.6 Å². The molecule has 3 rings (SSSR count). The van der Waals surface area contributed by atoms with Crippen LogP contribution in [0.3, 0.4) is 0 Å². The van der Waals surface area contributed by atoms with Crippen molar-refractivity contribution in [2.24, 2.45) is 0 Å². The fourth-order valence-electron chi connectivity index (χ4n) is 2.94. The van der Waals surface area contributed by atoms with Crippen molar-refractivity contribution in [1.82, 2.24) is 9.88 Å². The molecule has 0 atom stereocenters. The minimum absolute atomic E-state index is 0.224. The molecule has 1 aliphatic rings. The summed E-state index contributed by atoms with van der Waals surface area (Å²) >= 11 is 0. The first-order valence-corrected chi connectivity index (χ1v) is 8.16. The van der Waals surface area contributed by atoms with Crippen LogP contribution in [0.25, 0.3) is 12.2 Å². The van der Waals surface area contributed by atoms with Crippen LogP contribution < -0.4 is 0 Å². The van der Waals surface area contributed by atoms with Gasteiger partial charge in [-0.3, -0.25) is 14.7 Å². The molecule has 0 unspecified atom stereocenters. The van der Waals surface area contributed by atoms with Gasteiger partial charge in [-0.2, -0.15) is 13.2 Å². The highest BCUT2D eigenvalue weighted by atomic mass is 19.4. The van der Waals surface area contributed by atoms with E-state index in [-0.39, 0.29) is 23.5 Å². The van der Waals surface area contributed by atoms with Crippen LogP contribution in [-0.2, 0) is 11.0 Å². The highest BCUT2D eigenvalue weighted by Gasteiger charge is 2.35. The van der Waals surface area contributed by atoms with Gasteiger partial charge in [0.1, 0.15) is 5.82 Å². The molecule has 0 saturated carbocycles. The highest BCUT2D eigenvalue weighted by Crippen LogP contribution is 2.33. The Hall–Kier alpha value is -2.80. The molecule has 1 aromatic heterocycles. The number of Topliss-reactive ketones (excluding diaryl/α,β-unsaturated/α-hetero) is 1. The normalized spacial score (nSPS) is 19.1. The number of hydrogen-bond acceptors (Lipinski definition) is 3. The van der Waals surface area contributed by atoms with E-state index in [0.717, 1.165) is 11.6 Å². The third-order valence-corrected chi connectivity index (χ3v) is 4.17. The maximum atomic E-state index is 14.3. The lowest BCUT2D eigenvalue weighted by atomic mass is 9.94. The lowest BCUT2D eigenvalue weighted by Crippen LogP contribution is -2.34. The summed E-state index contributed by atoms with van der Waals surface area (Å²) in [4.78, 5) is 18.5. The number of hydrogen-bond donors (Lipinski definition) is 0. The Kier molecular flexibility index (Phi) is 5.23. The second kappa shape index (κ2) is 7.44. The van der Waals surface area contributed by atoms with Gasteiger partial charge in [-0.1, -0.05) is 12.1 Å². The van der Waals surface area contributed by atoms with Crippen LogP contribution in [0, 0.1) is 5.82 Å². The van der Waals surface area contributed by atoms with Gasteiger partial charge in [0.25, 0.3) is 0 Å². The monoisotopic (exact) mass is 376 g/mol. The maximum Gasteiger partial charge on any atom is 0.419 e. The van der Waals surface area contributed by atoms with Gasteiger partial charge in [0.05, 0.1) is 5.56 Å². The fourth-order valence-corrected chi connectivity index (χ4v) is 2.94. The molecule has 1 fully saturated rings. The number of pyridine rings is 1. The molecule has 140 valence electrons. The standard InChI is InChI=1S/C20H16F4N2O/c1-26-11-15(9-13-5-7-25-8-6-13)19(27)16(12-26)10-14-3-2-4-17(18(14)21)20(22,23)24/h2-10H,11-12H2,1H3/b15-9+,16-10+. The van der Waals surface area contributed by atoms with Crippen LogP contribution in [-0.4, -0.2) is 35.8 Å². The molecule has 2 heterocycles. The molecular formula is C20H16F4N2O. The number of likely N-dealkylation sites (tertiary alicyclic amines) is 1. The van der Waals surface area contributed by atoms with Gasteiger partial charge in [-0.05, 0) is 43.0 Å². The summed E-state index contributed by atoms with van der Waals surface area (Å²) in [6, 6.07) is 6.52. The summed E-state index contributed by atoms with van der Waals surface area (Å²) in [6.45, 7) is 0.617. The zero-order chi connectivity index (χ0) is 19.6. The number of aromatic nitrogens is 1. The molecule has 27 heavy (non-hydrogen) atoms. The van der Waals surface area contributed by atoms with E-state index >= 15 is 0 Å². The summed E-state index contributed by atoms with van der Waals surface area (Å²) in [7, 11) is 1.78. The number of alkyl halides is 3. The molecule has 0 N–H and O–H groups in total. The van der Waals surface area contributed by atoms with Crippen molar-refractivity contribution in [3.63, 3.8) is 0 Å². The van der Waals surface area contributed by atoms with Crippen molar-refractivity contribution in [3.05, 3.63) is 76.4 Å². The summed E-state index contributed by atoms with van der Waals surface area (Å²) in [5.74, 6) is -1.68. The van der Waals surface area contributed by atoms with Crippen molar-refractivity contribution in [2.45, 2.75) is 6.18 Å². The third kappa shape index (κ3) is 4.31. The van der Waals surface area contributed by atoms with Crippen molar-refractivity contribution in [3.8, 4) is 0 Å². The maximum absolute atomic E-state index is 14.3. The topological polar surface area (TPSA) is 33.2 Å². The van der Waals surface area contributed by atoms with Crippen LogP contribution in [0.15, 0.2) is 53.9 Å². The number of ketones is 1. The van der Waals surface area contributed by atoms with Crippen molar-refractivity contribution in [2.75, 3.05) is 20.1 Å². The van der Waals surface area contributed by atoms with Crippen molar-refractivity contribution >= 4 is 17.9 Å². The predicted molar refractivity (Wildman–Crippen MR) is 94.1 cm³/mol. The average Bonchev–Trinajstić information content (AvgIpc) is 2.60. The molecule has 0 bridgehead atoms. The first-order chi connectivity index (χ1) is 12.8. The Morgan fingerprint density at radius 1 is 1.04 bits per heavy atom. The second-order valence-corrected chi connectivity index (χ2v) is 6.33. The Morgan fingerprint density at radius 3 is 2.30 bits per heavy atom. The highest BCUT2D eigenvalue weighted by molar-refractivity contribution is 6.14. The van der Waals surface area contributed by atoms with Crippen LogP contribution in [0.1, 0.15) is 16.7 Å². The molecule has 0 amide bonds. The number of halogens is 4. The summed E-state index contributed by atoms with van der Waals surface area (Å²) < 4.78 is 53.0. The van der Waals surface area contributed by atoms with Gasteiger partial charge in [-0.25, -0.2) is 4.39 Å². The molecule has 0 aliphatic carbocycles. The largest absolute Gasteiger partial charge is 0.419 e. The number of nitrogens with zero attached hydrogens (tertiary/aromatic N) is 2. The van der Waals surface area contributed by atoms with Crippen LogP contribution in [0.2, 0.25) is 0 Å². The first-order valence-electron chi connectivity index (χ1n) is 8.16. The predicted octanol–water partition coefficient (Wildman–Crippen LogP) is 4.22. The lowest BCUT2D eigenvalue weighted by molar-refractivity contribution is -0.140. The summed E-state index contributed by atoms with van der Waals surface area (Å²) in [6.07, 6.45) is 1.30. The number of piperidine rings is 1. The van der Waals surface area contributed by atoms with Crippen molar-refractivity contribution < 1.29 is 22.4 Å². The van der Waals surface area contributed by atoms with Gasteiger partial charge in [-0.15, -0.1) is 0 Å². The molecule has 0 radical (unpaired) electrons. The van der Waals surface area contributed by atoms with E-state index in [1.807, 2.05) is 4.90 Å². The van der Waals surface area contributed by atoms with Crippen molar-refractivity contribution in [1.29, 1.82) is 0 Å². The fraction of sp³-hybridized carbons (Fsp3) is 0.200. The Morgan fingerprint density at radius 2 is 1.67 bits per heavy atom.